The van der Waals surface area contributed by atoms with Crippen LogP contribution in [0.15, 0.2) is 54.6 Å². The Bertz CT molecular complexity index is 655. The van der Waals surface area contributed by atoms with Gasteiger partial charge < -0.3 is 5.11 Å². The van der Waals surface area contributed by atoms with Crippen molar-refractivity contribution >= 4 is 40.4 Å². The van der Waals surface area contributed by atoms with Crippen LogP contribution < -0.4 is 0 Å². The molecule has 0 aromatic heterocycles. The van der Waals surface area contributed by atoms with Gasteiger partial charge in [-0.3, -0.25) is 4.79 Å². The summed E-state index contributed by atoms with van der Waals surface area (Å²) in [6.07, 6.45) is 3.16. The molecule has 0 aliphatic heterocycles. The second-order valence-electron chi connectivity index (χ2n) is 4.13. The molecule has 0 unspecified atom stereocenters. The van der Waals surface area contributed by atoms with E-state index in [-0.39, 0.29) is 11.3 Å². The van der Waals surface area contributed by atoms with Crippen molar-refractivity contribution in [2.45, 2.75) is 0 Å². The highest BCUT2D eigenvalue weighted by Crippen LogP contribution is 2.10. The number of aromatic carboxylic acids is 1. The number of halogens is 1. The summed E-state index contributed by atoms with van der Waals surface area (Å²) in [5, 5.41) is 8.79. The second-order valence-corrected chi connectivity index (χ2v) is 5.38. The Kier molecular flexibility index (Phi) is 4.68. The zero-order chi connectivity index (χ0) is 14.5. The maximum atomic E-state index is 11.9. The Morgan fingerprint density at radius 3 is 2.00 bits per heavy atom. The number of carbonyl (C=O) groups is 2. The summed E-state index contributed by atoms with van der Waals surface area (Å²) in [7, 11) is 0. The van der Waals surface area contributed by atoms with Crippen LogP contribution in [0.5, 0.6) is 0 Å². The van der Waals surface area contributed by atoms with Crippen LogP contribution in [0.3, 0.4) is 0 Å². The molecule has 1 N–H and O–H groups in total. The SMILES string of the molecule is O=C(O)c1ccc(C=CC(=O)c2ccc(I)cc2)cc1. The number of hydrogen-bond donors (Lipinski definition) is 1. The fourth-order valence-electron chi connectivity index (χ4n) is 1.62. The minimum Gasteiger partial charge on any atom is -0.478 e. The third-order valence-corrected chi connectivity index (χ3v) is 3.43. The highest BCUT2D eigenvalue weighted by Gasteiger charge is 2.02. The van der Waals surface area contributed by atoms with Gasteiger partial charge in [-0.1, -0.05) is 30.3 Å². The lowest BCUT2D eigenvalue weighted by Gasteiger charge is -1.97. The molecule has 20 heavy (non-hydrogen) atoms. The average Bonchev–Trinajstić information content (AvgIpc) is 2.46. The van der Waals surface area contributed by atoms with Crippen LogP contribution in [0.25, 0.3) is 6.08 Å². The van der Waals surface area contributed by atoms with Gasteiger partial charge in [-0.05, 0) is 58.5 Å². The fourth-order valence-corrected chi connectivity index (χ4v) is 1.98. The first-order valence-corrected chi connectivity index (χ1v) is 6.95. The molecule has 0 saturated carbocycles. The van der Waals surface area contributed by atoms with Crippen molar-refractivity contribution in [2.24, 2.45) is 0 Å². The zero-order valence-electron chi connectivity index (χ0n) is 10.4. The number of benzene rings is 2. The van der Waals surface area contributed by atoms with Gasteiger partial charge in [-0.2, -0.15) is 0 Å². The smallest absolute Gasteiger partial charge is 0.335 e. The van der Waals surface area contributed by atoms with E-state index in [1.165, 1.54) is 18.2 Å². The van der Waals surface area contributed by atoms with Crippen molar-refractivity contribution in [3.8, 4) is 0 Å². The summed E-state index contributed by atoms with van der Waals surface area (Å²) in [6.45, 7) is 0. The summed E-state index contributed by atoms with van der Waals surface area (Å²) >= 11 is 2.18. The Morgan fingerprint density at radius 2 is 1.45 bits per heavy atom. The lowest BCUT2D eigenvalue weighted by Crippen LogP contribution is -1.95. The molecular formula is C16H11IO3. The van der Waals surface area contributed by atoms with Crippen LogP contribution in [0.2, 0.25) is 0 Å². The zero-order valence-corrected chi connectivity index (χ0v) is 12.6. The van der Waals surface area contributed by atoms with E-state index < -0.39 is 5.97 Å². The van der Waals surface area contributed by atoms with Gasteiger partial charge in [-0.15, -0.1) is 0 Å². The topological polar surface area (TPSA) is 54.4 Å². The lowest BCUT2D eigenvalue weighted by molar-refractivity contribution is 0.0696. The molecule has 2 aromatic rings. The molecule has 0 aliphatic carbocycles. The lowest BCUT2D eigenvalue weighted by atomic mass is 10.1. The maximum absolute atomic E-state index is 11.9. The van der Waals surface area contributed by atoms with E-state index in [9.17, 15) is 9.59 Å². The van der Waals surface area contributed by atoms with Crippen LogP contribution in [0, 0.1) is 3.57 Å². The van der Waals surface area contributed by atoms with Crippen LogP contribution in [-0.2, 0) is 0 Å². The second kappa shape index (κ2) is 6.47. The minimum absolute atomic E-state index is 0.0799. The van der Waals surface area contributed by atoms with Crippen LogP contribution in [0.1, 0.15) is 26.3 Å². The molecule has 4 heteroatoms. The van der Waals surface area contributed by atoms with Gasteiger partial charge in [0.05, 0.1) is 5.56 Å². The molecule has 2 rings (SSSR count). The van der Waals surface area contributed by atoms with Crippen molar-refractivity contribution in [3.63, 3.8) is 0 Å². The molecule has 0 atom stereocenters. The first-order valence-electron chi connectivity index (χ1n) is 5.87. The first kappa shape index (κ1) is 14.5. The van der Waals surface area contributed by atoms with Gasteiger partial charge in [0.25, 0.3) is 0 Å². The largest absolute Gasteiger partial charge is 0.478 e. The highest BCUT2D eigenvalue weighted by atomic mass is 127. The molecular weight excluding hydrogens is 367 g/mol. The molecule has 0 aliphatic rings. The van der Waals surface area contributed by atoms with Crippen LogP contribution in [-0.4, -0.2) is 16.9 Å². The number of carboxylic acid groups (broad SMARTS) is 1. The van der Waals surface area contributed by atoms with Crippen LogP contribution >= 0.6 is 22.6 Å². The number of allylic oxidation sites excluding steroid dienone is 1. The van der Waals surface area contributed by atoms with Gasteiger partial charge in [0.2, 0.25) is 0 Å². The van der Waals surface area contributed by atoms with Gasteiger partial charge >= 0.3 is 5.97 Å². The third kappa shape index (κ3) is 3.77. The number of rotatable bonds is 4. The average molecular weight is 378 g/mol. The predicted molar refractivity (Wildman–Crippen MR) is 85.9 cm³/mol. The minimum atomic E-state index is -0.963. The molecule has 0 bridgehead atoms. The first-order chi connectivity index (χ1) is 9.56. The monoisotopic (exact) mass is 378 g/mol. The van der Waals surface area contributed by atoms with E-state index in [2.05, 4.69) is 22.6 Å². The number of hydrogen-bond acceptors (Lipinski definition) is 2. The summed E-state index contributed by atoms with van der Waals surface area (Å²) in [5.74, 6) is -1.04. The molecule has 0 radical (unpaired) electrons. The summed E-state index contributed by atoms with van der Waals surface area (Å²) in [6, 6.07) is 13.7. The maximum Gasteiger partial charge on any atom is 0.335 e. The van der Waals surface area contributed by atoms with E-state index in [1.54, 1.807) is 30.3 Å². The van der Waals surface area contributed by atoms with Gasteiger partial charge in [0, 0.05) is 9.13 Å². The van der Waals surface area contributed by atoms with Crippen molar-refractivity contribution in [3.05, 3.63) is 74.9 Å². The Labute approximate surface area is 130 Å². The molecule has 2 aromatic carbocycles. The van der Waals surface area contributed by atoms with E-state index in [0.717, 1.165) is 9.13 Å². The van der Waals surface area contributed by atoms with E-state index in [1.807, 2.05) is 12.1 Å². The van der Waals surface area contributed by atoms with E-state index in [4.69, 9.17) is 5.11 Å². The standard InChI is InChI=1S/C16H11IO3/c17-14-8-6-12(7-9-14)15(18)10-3-11-1-4-13(5-2-11)16(19)20/h1-10H,(H,19,20). The van der Waals surface area contributed by atoms with Crippen molar-refractivity contribution in [1.82, 2.24) is 0 Å². The number of carboxylic acids is 1. The van der Waals surface area contributed by atoms with E-state index in [0.29, 0.717) is 5.56 Å². The molecule has 3 nitrogen and oxygen atoms in total. The Balaban J connectivity index is 2.10. The Hall–Kier alpha value is -1.95. The predicted octanol–water partition coefficient (Wildman–Crippen LogP) is 3.89. The molecule has 0 heterocycles. The normalized spacial score (nSPS) is 10.7. The highest BCUT2D eigenvalue weighted by molar-refractivity contribution is 14.1. The number of carbonyl (C=O) groups excluding carboxylic acids is 1. The van der Waals surface area contributed by atoms with Gasteiger partial charge in [0.15, 0.2) is 5.78 Å². The van der Waals surface area contributed by atoms with Gasteiger partial charge in [0.1, 0.15) is 0 Å². The van der Waals surface area contributed by atoms with Gasteiger partial charge in [-0.25, -0.2) is 4.79 Å². The Morgan fingerprint density at radius 1 is 0.900 bits per heavy atom. The summed E-state index contributed by atoms with van der Waals surface area (Å²) in [5.41, 5.74) is 1.64. The van der Waals surface area contributed by atoms with Crippen LogP contribution in [0.4, 0.5) is 0 Å². The molecule has 0 saturated heterocycles. The molecule has 100 valence electrons. The summed E-state index contributed by atoms with van der Waals surface area (Å²) in [4.78, 5) is 22.6. The molecule has 0 fully saturated rings. The molecule has 0 spiro atoms. The van der Waals surface area contributed by atoms with E-state index >= 15 is 0 Å². The third-order valence-electron chi connectivity index (χ3n) is 2.71. The van der Waals surface area contributed by atoms with Crippen molar-refractivity contribution < 1.29 is 14.7 Å². The van der Waals surface area contributed by atoms with Crippen molar-refractivity contribution in [1.29, 1.82) is 0 Å². The van der Waals surface area contributed by atoms with Crippen molar-refractivity contribution in [2.75, 3.05) is 0 Å². The quantitative estimate of drug-likeness (QED) is 0.499. The number of ketones is 1. The molecule has 0 amide bonds. The summed E-state index contributed by atoms with van der Waals surface area (Å²) < 4.78 is 1.08. The fraction of sp³-hybridized carbons (Fsp3) is 0.